The Kier molecular flexibility index (Phi) is 5.39. The fourth-order valence-corrected chi connectivity index (χ4v) is 4.20. The molecule has 0 amide bonds. The van der Waals surface area contributed by atoms with Crippen LogP contribution in [0.3, 0.4) is 0 Å². The first-order valence-corrected chi connectivity index (χ1v) is 10.2. The lowest BCUT2D eigenvalue weighted by molar-refractivity contribution is -0.123. The molecule has 1 aromatic carbocycles. The molecule has 0 spiro atoms. The third kappa shape index (κ3) is 3.91. The molecule has 0 fully saturated rings. The fourth-order valence-electron chi connectivity index (χ4n) is 4.20. The summed E-state index contributed by atoms with van der Waals surface area (Å²) in [4.78, 5) is 30.7. The molecule has 0 saturated heterocycles. The smallest absolute Gasteiger partial charge is 0.179 e. The summed E-state index contributed by atoms with van der Waals surface area (Å²) in [7, 11) is 0. The van der Waals surface area contributed by atoms with Gasteiger partial charge < -0.3 is 0 Å². The number of benzene rings is 1. The average Bonchev–Trinajstić information content (AvgIpc) is 2.90. The van der Waals surface area contributed by atoms with E-state index in [0.29, 0.717) is 17.7 Å². The second kappa shape index (κ2) is 8.12. The highest BCUT2D eigenvalue weighted by molar-refractivity contribution is 6.34. The molecule has 0 N–H and O–H groups in total. The Bertz CT molecular complexity index is 1060. The van der Waals surface area contributed by atoms with Gasteiger partial charge in [0.2, 0.25) is 0 Å². The number of ketones is 2. The van der Waals surface area contributed by atoms with Crippen molar-refractivity contribution >= 4 is 23.0 Å². The highest BCUT2D eigenvalue weighted by Gasteiger charge is 2.37. The molecule has 3 aliphatic rings. The van der Waals surface area contributed by atoms with Gasteiger partial charge in [0.1, 0.15) is 5.92 Å². The molecule has 1 unspecified atom stereocenters. The Morgan fingerprint density at radius 3 is 2.83 bits per heavy atom. The van der Waals surface area contributed by atoms with E-state index in [1.165, 1.54) is 17.2 Å². The molecule has 1 heterocycles. The Hall–Kier alpha value is -3.07. The van der Waals surface area contributed by atoms with Crippen LogP contribution in [0.2, 0.25) is 0 Å². The second-order valence-corrected chi connectivity index (χ2v) is 7.79. The van der Waals surface area contributed by atoms with Crippen LogP contribution in [0.1, 0.15) is 37.3 Å². The summed E-state index contributed by atoms with van der Waals surface area (Å²) in [5.41, 5.74) is 6.63. The van der Waals surface area contributed by atoms with Crippen LogP contribution in [0.5, 0.6) is 0 Å². The molecule has 0 aromatic heterocycles. The number of Topliss-reactive ketones (excluding diaryl/α,β-unsaturated/α-hetero) is 1. The van der Waals surface area contributed by atoms with Crippen LogP contribution < -0.4 is 0 Å². The summed E-state index contributed by atoms with van der Waals surface area (Å²) in [5, 5.41) is 0. The van der Waals surface area contributed by atoms with Crippen LogP contribution in [0.25, 0.3) is 0 Å². The first kappa shape index (κ1) is 19.3. The van der Waals surface area contributed by atoms with Crippen LogP contribution in [0.4, 0.5) is 5.69 Å². The van der Waals surface area contributed by atoms with E-state index < -0.39 is 5.92 Å². The Labute approximate surface area is 171 Å². The monoisotopic (exact) mass is 383 g/mol. The molecular weight excluding hydrogens is 358 g/mol. The van der Waals surface area contributed by atoms with E-state index >= 15 is 0 Å². The highest BCUT2D eigenvalue weighted by atomic mass is 16.2. The first-order valence-electron chi connectivity index (χ1n) is 10.2. The van der Waals surface area contributed by atoms with Gasteiger partial charge in [0.25, 0.3) is 0 Å². The predicted molar refractivity (Wildman–Crippen MR) is 118 cm³/mol. The van der Waals surface area contributed by atoms with Crippen LogP contribution >= 0.6 is 0 Å². The minimum atomic E-state index is -0.764. The van der Waals surface area contributed by atoms with E-state index in [4.69, 9.17) is 4.99 Å². The van der Waals surface area contributed by atoms with Gasteiger partial charge in [0, 0.05) is 11.3 Å². The summed E-state index contributed by atoms with van der Waals surface area (Å²) < 4.78 is 0. The maximum absolute atomic E-state index is 13.2. The van der Waals surface area contributed by atoms with Crippen molar-refractivity contribution in [2.24, 2.45) is 10.9 Å². The Balaban J connectivity index is 1.65. The largest absolute Gasteiger partial charge is 0.294 e. The quantitative estimate of drug-likeness (QED) is 0.634. The first-order chi connectivity index (χ1) is 14.1. The van der Waals surface area contributed by atoms with Gasteiger partial charge in [0.15, 0.2) is 11.6 Å². The SMILES string of the molecule is C/C=C1/C=CC=CC/C1=C/C1=CC(=O)C(C2=Nc3ccc(C)cc3CCC2)C1=O. The van der Waals surface area contributed by atoms with E-state index in [1.807, 2.05) is 49.4 Å². The van der Waals surface area contributed by atoms with Crippen molar-refractivity contribution in [1.82, 2.24) is 0 Å². The van der Waals surface area contributed by atoms with Crippen molar-refractivity contribution in [2.45, 2.75) is 39.5 Å². The van der Waals surface area contributed by atoms with Crippen molar-refractivity contribution in [3.05, 3.63) is 88.6 Å². The highest BCUT2D eigenvalue weighted by Crippen LogP contribution is 2.32. The van der Waals surface area contributed by atoms with Gasteiger partial charge in [-0.1, -0.05) is 48.1 Å². The number of hydrogen-bond acceptors (Lipinski definition) is 3. The number of hydrogen-bond donors (Lipinski definition) is 0. The van der Waals surface area contributed by atoms with Crippen LogP contribution in [-0.2, 0) is 16.0 Å². The zero-order chi connectivity index (χ0) is 20.4. The van der Waals surface area contributed by atoms with Crippen LogP contribution in [-0.4, -0.2) is 17.3 Å². The zero-order valence-electron chi connectivity index (χ0n) is 16.9. The van der Waals surface area contributed by atoms with Gasteiger partial charge in [-0.3, -0.25) is 14.6 Å². The molecule has 4 rings (SSSR count). The molecule has 2 aliphatic carbocycles. The molecule has 0 bridgehead atoms. The van der Waals surface area contributed by atoms with Crippen molar-refractivity contribution in [3.8, 4) is 0 Å². The lowest BCUT2D eigenvalue weighted by atomic mass is 9.92. The van der Waals surface area contributed by atoms with Gasteiger partial charge >= 0.3 is 0 Å². The molecule has 29 heavy (non-hydrogen) atoms. The number of allylic oxidation sites excluding steroid dienone is 10. The number of rotatable bonds is 2. The van der Waals surface area contributed by atoms with Crippen LogP contribution in [0, 0.1) is 12.8 Å². The maximum atomic E-state index is 13.2. The molecule has 1 aromatic rings. The molecule has 3 heteroatoms. The zero-order valence-corrected chi connectivity index (χ0v) is 16.9. The van der Waals surface area contributed by atoms with Crippen molar-refractivity contribution in [1.29, 1.82) is 0 Å². The van der Waals surface area contributed by atoms with E-state index in [0.717, 1.165) is 36.1 Å². The Morgan fingerprint density at radius 2 is 2.00 bits per heavy atom. The second-order valence-electron chi connectivity index (χ2n) is 7.79. The molecule has 3 nitrogen and oxygen atoms in total. The summed E-state index contributed by atoms with van der Waals surface area (Å²) in [6.45, 7) is 4.05. The number of aliphatic imine (C=N–C) groups is 1. The summed E-state index contributed by atoms with van der Waals surface area (Å²) in [5.74, 6) is -1.03. The number of carbonyl (C=O) groups is 2. The van der Waals surface area contributed by atoms with Gasteiger partial charge in [-0.15, -0.1) is 0 Å². The van der Waals surface area contributed by atoms with Gasteiger partial charge in [-0.2, -0.15) is 0 Å². The van der Waals surface area contributed by atoms with Crippen molar-refractivity contribution in [3.63, 3.8) is 0 Å². The van der Waals surface area contributed by atoms with E-state index in [-0.39, 0.29) is 11.6 Å². The summed E-state index contributed by atoms with van der Waals surface area (Å²) >= 11 is 0. The van der Waals surface area contributed by atoms with Gasteiger partial charge in [0.05, 0.1) is 5.69 Å². The van der Waals surface area contributed by atoms with Crippen LogP contribution in [0.15, 0.2) is 82.4 Å². The normalized spacial score (nSPS) is 24.4. The predicted octanol–water partition coefficient (Wildman–Crippen LogP) is 5.49. The molecular formula is C26H25NO2. The third-order valence-corrected chi connectivity index (χ3v) is 5.71. The molecule has 0 saturated carbocycles. The van der Waals surface area contributed by atoms with E-state index in [2.05, 4.69) is 19.1 Å². The van der Waals surface area contributed by atoms with Gasteiger partial charge in [-0.25, -0.2) is 0 Å². The summed E-state index contributed by atoms with van der Waals surface area (Å²) in [6.07, 6.45) is 16.8. The summed E-state index contributed by atoms with van der Waals surface area (Å²) in [6, 6.07) is 6.18. The average molecular weight is 383 g/mol. The van der Waals surface area contributed by atoms with E-state index in [9.17, 15) is 9.59 Å². The number of aryl methyl sites for hydroxylation is 2. The fraction of sp³-hybridized carbons (Fsp3) is 0.269. The minimum absolute atomic E-state index is 0.121. The van der Waals surface area contributed by atoms with Gasteiger partial charge in [-0.05, 0) is 74.5 Å². The van der Waals surface area contributed by atoms with Crippen molar-refractivity contribution in [2.75, 3.05) is 0 Å². The molecule has 146 valence electrons. The lowest BCUT2D eigenvalue weighted by Crippen LogP contribution is -2.26. The lowest BCUT2D eigenvalue weighted by Gasteiger charge is -2.11. The van der Waals surface area contributed by atoms with E-state index in [1.54, 1.807) is 0 Å². The van der Waals surface area contributed by atoms with Crippen molar-refractivity contribution < 1.29 is 9.59 Å². The number of nitrogens with zero attached hydrogens (tertiary/aromatic N) is 1. The Morgan fingerprint density at radius 1 is 1.14 bits per heavy atom. The third-order valence-electron chi connectivity index (χ3n) is 5.71. The molecule has 1 atom stereocenters. The molecule has 1 aliphatic heterocycles. The topological polar surface area (TPSA) is 46.5 Å². The standard InChI is InChI=1S/C26H25NO2/c1-3-18-8-5-4-6-9-19(18)15-21-16-24(28)25(26(21)29)23-11-7-10-20-14-17(2)12-13-22(20)27-23/h3-6,8,12-16,25H,7,9-11H2,1-2H3/b18-3-,19-15-. The minimum Gasteiger partial charge on any atom is -0.294 e. The number of fused-ring (bicyclic) bond motifs is 1. The molecule has 0 radical (unpaired) electrons. The maximum Gasteiger partial charge on any atom is 0.179 e. The number of carbonyl (C=O) groups excluding carboxylic acids is 2.